The van der Waals surface area contributed by atoms with Gasteiger partial charge in [-0.15, -0.1) is 0 Å². The first-order valence-electron chi connectivity index (χ1n) is 6.70. The van der Waals surface area contributed by atoms with Crippen LogP contribution in [-0.4, -0.2) is 43.8 Å². The van der Waals surface area contributed by atoms with Gasteiger partial charge in [0.15, 0.2) is 0 Å². The molecule has 0 bridgehead atoms. The van der Waals surface area contributed by atoms with Crippen LogP contribution in [0.4, 0.5) is 11.4 Å². The number of carbonyl (C=O) groups is 1. The Morgan fingerprint density at radius 3 is 3.00 bits per heavy atom. The van der Waals surface area contributed by atoms with Crippen molar-refractivity contribution in [3.8, 4) is 0 Å². The fourth-order valence-corrected chi connectivity index (χ4v) is 2.48. The van der Waals surface area contributed by atoms with Crippen molar-refractivity contribution < 1.29 is 19.2 Å². The SMILES string of the molecule is COC(=O)CC1CN(c2cccc([N+](=O)[O-])c2C)CCO1. The van der Waals surface area contributed by atoms with Gasteiger partial charge in [-0.3, -0.25) is 14.9 Å². The summed E-state index contributed by atoms with van der Waals surface area (Å²) in [6, 6.07) is 5.01. The van der Waals surface area contributed by atoms with Gasteiger partial charge in [0.25, 0.3) is 5.69 Å². The third-order valence-corrected chi connectivity index (χ3v) is 3.57. The second-order valence-electron chi connectivity index (χ2n) is 4.90. The van der Waals surface area contributed by atoms with E-state index in [-0.39, 0.29) is 29.1 Å². The monoisotopic (exact) mass is 294 g/mol. The highest BCUT2D eigenvalue weighted by atomic mass is 16.6. The molecule has 1 atom stereocenters. The highest BCUT2D eigenvalue weighted by Gasteiger charge is 2.26. The molecule has 0 aromatic heterocycles. The minimum atomic E-state index is -0.384. The number of hydrogen-bond acceptors (Lipinski definition) is 6. The van der Waals surface area contributed by atoms with Crippen molar-refractivity contribution in [1.29, 1.82) is 0 Å². The van der Waals surface area contributed by atoms with Crippen LogP contribution in [0.3, 0.4) is 0 Å². The lowest BCUT2D eigenvalue weighted by molar-refractivity contribution is -0.385. The second kappa shape index (κ2) is 6.53. The molecule has 0 radical (unpaired) electrons. The van der Waals surface area contributed by atoms with E-state index in [0.29, 0.717) is 25.3 Å². The van der Waals surface area contributed by atoms with Crippen molar-refractivity contribution in [3.63, 3.8) is 0 Å². The molecule has 7 nitrogen and oxygen atoms in total. The Hall–Kier alpha value is -2.15. The highest BCUT2D eigenvalue weighted by molar-refractivity contribution is 5.70. The molecule has 114 valence electrons. The van der Waals surface area contributed by atoms with Crippen LogP contribution in [0.25, 0.3) is 0 Å². The Morgan fingerprint density at radius 2 is 2.33 bits per heavy atom. The molecule has 1 aromatic carbocycles. The summed E-state index contributed by atoms with van der Waals surface area (Å²) in [6.07, 6.45) is -0.0779. The van der Waals surface area contributed by atoms with Gasteiger partial charge in [0.1, 0.15) is 0 Å². The van der Waals surface area contributed by atoms with Gasteiger partial charge in [-0.25, -0.2) is 0 Å². The maximum atomic E-state index is 11.3. The first kappa shape index (κ1) is 15.2. The Bertz CT molecular complexity index is 546. The standard InChI is InChI=1S/C14H18N2O5/c1-10-12(4-3-5-13(10)16(18)19)15-6-7-21-11(9-15)8-14(17)20-2/h3-5,11H,6-9H2,1-2H3. The number of ether oxygens (including phenoxy) is 2. The zero-order valence-corrected chi connectivity index (χ0v) is 12.1. The minimum Gasteiger partial charge on any atom is -0.469 e. The summed E-state index contributed by atoms with van der Waals surface area (Å²) in [4.78, 5) is 24.0. The summed E-state index contributed by atoms with van der Waals surface area (Å²) in [5, 5.41) is 11.0. The van der Waals surface area contributed by atoms with E-state index in [9.17, 15) is 14.9 Å². The summed E-state index contributed by atoms with van der Waals surface area (Å²) in [5.74, 6) is -0.322. The fraction of sp³-hybridized carbons (Fsp3) is 0.500. The number of hydrogen-bond donors (Lipinski definition) is 0. The molecule has 1 aromatic rings. The van der Waals surface area contributed by atoms with Gasteiger partial charge in [-0.2, -0.15) is 0 Å². The Labute approximate surface area is 122 Å². The van der Waals surface area contributed by atoms with Crippen LogP contribution < -0.4 is 4.90 Å². The quantitative estimate of drug-likeness (QED) is 0.477. The third-order valence-electron chi connectivity index (χ3n) is 3.57. The lowest BCUT2D eigenvalue weighted by Crippen LogP contribution is -2.43. The fourth-order valence-electron chi connectivity index (χ4n) is 2.48. The van der Waals surface area contributed by atoms with Crippen LogP contribution >= 0.6 is 0 Å². The van der Waals surface area contributed by atoms with E-state index in [1.165, 1.54) is 13.2 Å². The lowest BCUT2D eigenvalue weighted by Gasteiger charge is -2.34. The number of nitro groups is 1. The van der Waals surface area contributed by atoms with E-state index in [4.69, 9.17) is 4.74 Å². The summed E-state index contributed by atoms with van der Waals surface area (Å²) in [7, 11) is 1.34. The summed E-state index contributed by atoms with van der Waals surface area (Å²) >= 11 is 0. The molecule has 1 aliphatic rings. The van der Waals surface area contributed by atoms with Crippen molar-refractivity contribution in [1.82, 2.24) is 0 Å². The molecular formula is C14H18N2O5. The van der Waals surface area contributed by atoms with E-state index in [1.807, 2.05) is 11.0 Å². The van der Waals surface area contributed by atoms with E-state index in [2.05, 4.69) is 4.74 Å². The molecule has 1 saturated heterocycles. The number of morpholine rings is 1. The van der Waals surface area contributed by atoms with Crippen LogP contribution in [0, 0.1) is 17.0 Å². The maximum absolute atomic E-state index is 11.3. The molecule has 2 rings (SSSR count). The molecule has 1 aliphatic heterocycles. The zero-order valence-electron chi connectivity index (χ0n) is 12.1. The molecule has 0 spiro atoms. The van der Waals surface area contributed by atoms with Crippen LogP contribution in [-0.2, 0) is 14.3 Å². The molecule has 0 aliphatic carbocycles. The normalized spacial score (nSPS) is 18.4. The van der Waals surface area contributed by atoms with Gasteiger partial charge >= 0.3 is 5.97 Å². The average molecular weight is 294 g/mol. The van der Waals surface area contributed by atoms with Crippen LogP contribution in [0.5, 0.6) is 0 Å². The van der Waals surface area contributed by atoms with Crippen molar-refractivity contribution in [2.45, 2.75) is 19.4 Å². The number of esters is 1. The molecule has 1 unspecified atom stereocenters. The van der Waals surface area contributed by atoms with Gasteiger partial charge in [0.05, 0.1) is 36.7 Å². The first-order valence-corrected chi connectivity index (χ1v) is 6.70. The van der Waals surface area contributed by atoms with Gasteiger partial charge in [-0.1, -0.05) is 6.07 Å². The second-order valence-corrected chi connectivity index (χ2v) is 4.90. The predicted molar refractivity (Wildman–Crippen MR) is 76.4 cm³/mol. The van der Waals surface area contributed by atoms with E-state index in [1.54, 1.807) is 13.0 Å². The van der Waals surface area contributed by atoms with Gasteiger partial charge in [0.2, 0.25) is 0 Å². The molecule has 0 N–H and O–H groups in total. The number of anilines is 1. The number of rotatable bonds is 4. The predicted octanol–water partition coefficient (Wildman–Crippen LogP) is 1.67. The van der Waals surface area contributed by atoms with Crippen LogP contribution in [0.1, 0.15) is 12.0 Å². The smallest absolute Gasteiger partial charge is 0.308 e. The molecular weight excluding hydrogens is 276 g/mol. The Morgan fingerprint density at radius 1 is 1.57 bits per heavy atom. The topological polar surface area (TPSA) is 81.9 Å². The molecule has 0 saturated carbocycles. The van der Waals surface area contributed by atoms with Crippen LogP contribution in [0.2, 0.25) is 0 Å². The summed E-state index contributed by atoms with van der Waals surface area (Å²) < 4.78 is 10.2. The van der Waals surface area contributed by atoms with Crippen molar-refractivity contribution in [3.05, 3.63) is 33.9 Å². The van der Waals surface area contributed by atoms with Crippen molar-refractivity contribution in [2.75, 3.05) is 31.7 Å². The molecule has 0 amide bonds. The van der Waals surface area contributed by atoms with Gasteiger partial charge in [-0.05, 0) is 13.0 Å². The number of carbonyl (C=O) groups excluding carboxylic acids is 1. The molecule has 1 fully saturated rings. The first-order chi connectivity index (χ1) is 10.0. The van der Waals surface area contributed by atoms with Gasteiger partial charge < -0.3 is 14.4 Å². The third kappa shape index (κ3) is 3.49. The van der Waals surface area contributed by atoms with Crippen molar-refractivity contribution in [2.24, 2.45) is 0 Å². The molecule has 1 heterocycles. The van der Waals surface area contributed by atoms with Crippen molar-refractivity contribution >= 4 is 17.3 Å². The number of methoxy groups -OCH3 is 1. The largest absolute Gasteiger partial charge is 0.469 e. The Kier molecular flexibility index (Phi) is 4.74. The molecule has 7 heteroatoms. The average Bonchev–Trinajstić information content (AvgIpc) is 2.47. The van der Waals surface area contributed by atoms with E-state index >= 15 is 0 Å². The Balaban J connectivity index is 2.16. The van der Waals surface area contributed by atoms with E-state index < -0.39 is 0 Å². The van der Waals surface area contributed by atoms with Gasteiger partial charge in [0, 0.05) is 24.8 Å². The molecule has 21 heavy (non-hydrogen) atoms. The van der Waals surface area contributed by atoms with Crippen LogP contribution in [0.15, 0.2) is 18.2 Å². The minimum absolute atomic E-state index is 0.100. The van der Waals surface area contributed by atoms with E-state index in [0.717, 1.165) is 5.69 Å². The summed E-state index contributed by atoms with van der Waals surface area (Å²) in [5.41, 5.74) is 1.53. The zero-order chi connectivity index (χ0) is 15.4. The summed E-state index contributed by atoms with van der Waals surface area (Å²) in [6.45, 7) is 3.36. The number of benzene rings is 1. The lowest BCUT2D eigenvalue weighted by atomic mass is 10.1. The number of nitro benzene ring substituents is 1. The highest BCUT2D eigenvalue weighted by Crippen LogP contribution is 2.29. The maximum Gasteiger partial charge on any atom is 0.308 e. The number of nitrogens with zero attached hydrogens (tertiary/aromatic N) is 2.